The number of nitrogens with two attached hydrogens (primary N) is 1. The zero-order chi connectivity index (χ0) is 28.5. The van der Waals surface area contributed by atoms with Crippen molar-refractivity contribution < 1.29 is 33.5 Å². The second-order valence-electron chi connectivity index (χ2n) is 8.68. The Labute approximate surface area is 224 Å². The van der Waals surface area contributed by atoms with Gasteiger partial charge in [-0.25, -0.2) is 14.4 Å². The lowest BCUT2D eigenvalue weighted by molar-refractivity contribution is -0.384. The maximum absolute atomic E-state index is 13.4. The molecule has 0 fully saturated rings. The highest BCUT2D eigenvalue weighted by molar-refractivity contribution is 6.00. The van der Waals surface area contributed by atoms with Crippen LogP contribution in [-0.4, -0.2) is 49.8 Å². The highest BCUT2D eigenvalue weighted by atomic mass is 16.6. The minimum absolute atomic E-state index is 0.0259. The third-order valence-electron chi connectivity index (χ3n) is 6.13. The van der Waals surface area contributed by atoms with Crippen molar-refractivity contribution in [3.05, 3.63) is 97.9 Å². The number of hydrogen-bond acceptors (Lipinski definition) is 10. The first-order valence-electron chi connectivity index (χ1n) is 12.0. The zero-order valence-electron chi connectivity index (χ0n) is 21.8. The molecule has 1 heterocycles. The number of non-ortho nitro benzene ring substituents is 1. The Bertz CT molecular complexity index is 1330. The zero-order valence-corrected chi connectivity index (χ0v) is 21.8. The van der Waals surface area contributed by atoms with Gasteiger partial charge in [0.1, 0.15) is 13.2 Å². The normalized spacial score (nSPS) is 14.9. The number of hydrogen-bond donors (Lipinski definition) is 3. The Morgan fingerprint density at radius 1 is 1.05 bits per heavy atom. The van der Waals surface area contributed by atoms with Gasteiger partial charge in [-0.2, -0.15) is 0 Å². The summed E-state index contributed by atoms with van der Waals surface area (Å²) in [5.41, 5.74) is 7.78. The lowest BCUT2D eigenvalue weighted by Gasteiger charge is -2.31. The SMILES string of the molecule is COC(=O)C1=C(COC(N)=O)NC(C)=C(C(=O)OCCNCc2ccccc2C)C1c1cccc([N+](=O)[O-])c1. The number of rotatable bonds is 11. The molecule has 3 rings (SSSR count). The number of esters is 2. The van der Waals surface area contributed by atoms with Crippen LogP contribution in [0.1, 0.15) is 29.5 Å². The number of nitro benzene ring substituents is 1. The molecular weight excluding hydrogens is 508 g/mol. The third kappa shape index (κ3) is 7.20. The first-order chi connectivity index (χ1) is 18.6. The topological polar surface area (TPSA) is 172 Å². The molecule has 0 bridgehead atoms. The molecule has 2 aromatic carbocycles. The highest BCUT2D eigenvalue weighted by Gasteiger charge is 2.39. The first-order valence-corrected chi connectivity index (χ1v) is 12.0. The van der Waals surface area contributed by atoms with E-state index in [0.29, 0.717) is 18.8 Å². The van der Waals surface area contributed by atoms with Gasteiger partial charge < -0.3 is 30.6 Å². The number of ether oxygens (including phenoxy) is 3. The number of carbonyl (C=O) groups excluding carboxylic acids is 3. The summed E-state index contributed by atoms with van der Waals surface area (Å²) in [7, 11) is 1.15. The molecule has 0 aromatic heterocycles. The van der Waals surface area contributed by atoms with Crippen LogP contribution in [0.4, 0.5) is 10.5 Å². The van der Waals surface area contributed by atoms with Crippen molar-refractivity contribution in [1.29, 1.82) is 0 Å². The monoisotopic (exact) mass is 538 g/mol. The molecule has 12 heteroatoms. The maximum Gasteiger partial charge on any atom is 0.404 e. The molecule has 0 spiro atoms. The number of aryl methyl sites for hydroxylation is 1. The number of primary amides is 1. The van der Waals surface area contributed by atoms with Gasteiger partial charge in [0.05, 0.1) is 34.8 Å². The van der Waals surface area contributed by atoms with Crippen LogP contribution in [-0.2, 0) is 30.3 Å². The number of dihydropyridines is 1. The van der Waals surface area contributed by atoms with Crippen molar-refractivity contribution in [3.8, 4) is 0 Å². The molecule has 1 atom stereocenters. The molecule has 1 amide bonds. The molecule has 39 heavy (non-hydrogen) atoms. The summed E-state index contributed by atoms with van der Waals surface area (Å²) in [5, 5.41) is 17.6. The van der Waals surface area contributed by atoms with E-state index in [0.717, 1.165) is 18.2 Å². The number of amides is 1. The van der Waals surface area contributed by atoms with E-state index in [-0.39, 0.29) is 34.7 Å². The second-order valence-corrected chi connectivity index (χ2v) is 8.68. The number of nitrogens with zero attached hydrogens (tertiary/aromatic N) is 1. The average Bonchev–Trinajstić information content (AvgIpc) is 2.91. The largest absolute Gasteiger partial charge is 0.466 e. The Hall–Kier alpha value is -4.71. The Kier molecular flexibility index (Phi) is 9.76. The van der Waals surface area contributed by atoms with Crippen LogP contribution in [0.5, 0.6) is 0 Å². The molecule has 1 aliphatic heterocycles. The van der Waals surface area contributed by atoms with Gasteiger partial charge in [-0.1, -0.05) is 36.4 Å². The van der Waals surface area contributed by atoms with Crippen molar-refractivity contribution in [2.75, 3.05) is 26.9 Å². The quantitative estimate of drug-likeness (QED) is 0.127. The first kappa shape index (κ1) is 28.9. The number of carbonyl (C=O) groups is 3. The fourth-order valence-corrected chi connectivity index (χ4v) is 4.25. The van der Waals surface area contributed by atoms with E-state index >= 15 is 0 Å². The van der Waals surface area contributed by atoms with Crippen LogP contribution in [0.25, 0.3) is 0 Å². The molecule has 1 unspecified atom stereocenters. The van der Waals surface area contributed by atoms with E-state index in [1.165, 1.54) is 18.2 Å². The smallest absolute Gasteiger partial charge is 0.404 e. The van der Waals surface area contributed by atoms with Crippen molar-refractivity contribution in [1.82, 2.24) is 10.6 Å². The predicted molar refractivity (Wildman–Crippen MR) is 140 cm³/mol. The number of benzene rings is 2. The fourth-order valence-electron chi connectivity index (χ4n) is 4.25. The summed E-state index contributed by atoms with van der Waals surface area (Å²) < 4.78 is 15.4. The predicted octanol–water partition coefficient (Wildman–Crippen LogP) is 2.72. The van der Waals surface area contributed by atoms with E-state index in [4.69, 9.17) is 19.9 Å². The van der Waals surface area contributed by atoms with Crippen LogP contribution in [0, 0.1) is 17.0 Å². The molecule has 0 saturated carbocycles. The molecule has 0 saturated heterocycles. The van der Waals surface area contributed by atoms with Crippen molar-refractivity contribution in [3.63, 3.8) is 0 Å². The van der Waals surface area contributed by atoms with E-state index in [2.05, 4.69) is 10.6 Å². The third-order valence-corrected chi connectivity index (χ3v) is 6.13. The lowest BCUT2D eigenvalue weighted by atomic mass is 9.80. The minimum Gasteiger partial charge on any atom is -0.466 e. The van der Waals surface area contributed by atoms with Crippen LogP contribution in [0.2, 0.25) is 0 Å². The van der Waals surface area contributed by atoms with E-state index in [1.807, 2.05) is 31.2 Å². The number of nitro groups is 1. The number of nitrogens with one attached hydrogen (secondary N) is 2. The van der Waals surface area contributed by atoms with Gasteiger partial charge in [-0.15, -0.1) is 0 Å². The number of allylic oxidation sites excluding steroid dienone is 1. The Balaban J connectivity index is 1.90. The van der Waals surface area contributed by atoms with Crippen LogP contribution >= 0.6 is 0 Å². The molecule has 206 valence electrons. The summed E-state index contributed by atoms with van der Waals surface area (Å²) in [6.45, 7) is 4.13. The van der Waals surface area contributed by atoms with Gasteiger partial charge in [0, 0.05) is 30.9 Å². The van der Waals surface area contributed by atoms with Crippen LogP contribution < -0.4 is 16.4 Å². The Morgan fingerprint density at radius 3 is 2.46 bits per heavy atom. The van der Waals surface area contributed by atoms with Gasteiger partial charge >= 0.3 is 18.0 Å². The molecule has 0 radical (unpaired) electrons. The molecule has 0 aliphatic carbocycles. The minimum atomic E-state index is -1.11. The van der Waals surface area contributed by atoms with Crippen LogP contribution in [0.15, 0.2) is 71.1 Å². The highest BCUT2D eigenvalue weighted by Crippen LogP contribution is 2.40. The maximum atomic E-state index is 13.4. The van der Waals surface area contributed by atoms with Gasteiger partial charge in [0.25, 0.3) is 5.69 Å². The average molecular weight is 539 g/mol. The fraction of sp³-hybridized carbons (Fsp3) is 0.296. The van der Waals surface area contributed by atoms with Crippen LogP contribution in [0.3, 0.4) is 0 Å². The van der Waals surface area contributed by atoms with Gasteiger partial charge in [0.15, 0.2) is 0 Å². The van der Waals surface area contributed by atoms with Gasteiger partial charge in [-0.3, -0.25) is 10.1 Å². The molecular formula is C27H30N4O8. The van der Waals surface area contributed by atoms with E-state index in [1.54, 1.807) is 13.0 Å². The standard InChI is InChI=1S/C27H30N4O8/c1-16-7-4-5-8-19(16)14-29-11-12-38-26(33)22-17(2)30-21(15-39-27(28)34)24(25(32)37-3)23(22)18-9-6-10-20(13-18)31(35)36/h4-10,13,23,29-30H,11-12,14-15H2,1-3H3,(H2,28,34). The van der Waals surface area contributed by atoms with Gasteiger partial charge in [-0.05, 0) is 30.5 Å². The van der Waals surface area contributed by atoms with Gasteiger partial charge in [0.2, 0.25) is 0 Å². The summed E-state index contributed by atoms with van der Waals surface area (Å²) in [5.74, 6) is -2.68. The Morgan fingerprint density at radius 2 is 1.79 bits per heavy atom. The summed E-state index contributed by atoms with van der Waals surface area (Å²) in [6, 6.07) is 13.4. The summed E-state index contributed by atoms with van der Waals surface area (Å²) in [6.07, 6.45) is -1.08. The summed E-state index contributed by atoms with van der Waals surface area (Å²) in [4.78, 5) is 48.5. The van der Waals surface area contributed by atoms with E-state index in [9.17, 15) is 24.5 Å². The molecule has 12 nitrogen and oxygen atoms in total. The molecule has 1 aliphatic rings. The molecule has 2 aromatic rings. The number of methoxy groups -OCH3 is 1. The van der Waals surface area contributed by atoms with Crippen molar-refractivity contribution in [2.24, 2.45) is 5.73 Å². The van der Waals surface area contributed by atoms with E-state index < -0.39 is 35.5 Å². The van der Waals surface area contributed by atoms with Crippen molar-refractivity contribution >= 4 is 23.7 Å². The lowest BCUT2D eigenvalue weighted by Crippen LogP contribution is -2.35. The summed E-state index contributed by atoms with van der Waals surface area (Å²) >= 11 is 0. The molecule has 4 N–H and O–H groups in total. The van der Waals surface area contributed by atoms with Crippen molar-refractivity contribution in [2.45, 2.75) is 26.3 Å². The second kappa shape index (κ2) is 13.2.